The number of ether oxygens (including phenoxy) is 2. The van der Waals surface area contributed by atoms with Gasteiger partial charge >= 0.3 is 0 Å². The molecule has 4 aromatic rings. The molecule has 0 aliphatic carbocycles. The van der Waals surface area contributed by atoms with E-state index >= 15 is 0 Å². The highest BCUT2D eigenvalue weighted by Gasteiger charge is 2.15. The molecule has 158 valence electrons. The highest BCUT2D eigenvalue weighted by Crippen LogP contribution is 2.37. The first-order valence-corrected chi connectivity index (χ1v) is 10.6. The Bertz CT molecular complexity index is 1230. The predicted octanol–water partition coefficient (Wildman–Crippen LogP) is 5.49. The van der Waals surface area contributed by atoms with Crippen LogP contribution in [0.5, 0.6) is 11.5 Å². The van der Waals surface area contributed by atoms with Crippen molar-refractivity contribution in [2.45, 2.75) is 18.7 Å². The van der Waals surface area contributed by atoms with E-state index in [0.717, 1.165) is 38.2 Å². The van der Waals surface area contributed by atoms with E-state index in [4.69, 9.17) is 14.5 Å². The Morgan fingerprint density at radius 2 is 1.61 bits per heavy atom. The highest BCUT2D eigenvalue weighted by molar-refractivity contribution is 7.80. The molecule has 1 N–H and O–H groups in total. The van der Waals surface area contributed by atoms with Crippen molar-refractivity contribution in [2.24, 2.45) is 0 Å². The van der Waals surface area contributed by atoms with Gasteiger partial charge in [-0.3, -0.25) is 4.98 Å². The summed E-state index contributed by atoms with van der Waals surface area (Å²) in [6, 6.07) is 14.1. The monoisotopic (exact) mass is 432 g/mol. The second-order valence-corrected chi connectivity index (χ2v) is 7.36. The van der Waals surface area contributed by atoms with Gasteiger partial charge in [0.2, 0.25) is 5.95 Å². The maximum Gasteiger partial charge on any atom is 0.223 e. The van der Waals surface area contributed by atoms with Gasteiger partial charge in [0, 0.05) is 46.9 Å². The number of pyridine rings is 1. The van der Waals surface area contributed by atoms with Gasteiger partial charge in [0.1, 0.15) is 0 Å². The highest BCUT2D eigenvalue weighted by atomic mass is 32.1. The molecule has 7 heteroatoms. The quantitative estimate of drug-likeness (QED) is 0.377. The van der Waals surface area contributed by atoms with Gasteiger partial charge in [-0.1, -0.05) is 18.2 Å². The number of nitrogens with zero attached hydrogens (tertiary/aromatic N) is 3. The molecule has 0 atom stereocenters. The van der Waals surface area contributed by atoms with Crippen LogP contribution in [0.2, 0.25) is 0 Å². The summed E-state index contributed by atoms with van der Waals surface area (Å²) in [6.07, 6.45) is 3.55. The summed E-state index contributed by atoms with van der Waals surface area (Å²) in [5.74, 6) is 1.90. The van der Waals surface area contributed by atoms with Crippen molar-refractivity contribution < 1.29 is 9.47 Å². The maximum absolute atomic E-state index is 5.84. The lowest BCUT2D eigenvalue weighted by molar-refractivity contribution is 0.288. The van der Waals surface area contributed by atoms with E-state index in [1.165, 1.54) is 0 Å². The number of aromatic nitrogens is 3. The van der Waals surface area contributed by atoms with E-state index < -0.39 is 0 Å². The first kappa shape index (κ1) is 20.9. The summed E-state index contributed by atoms with van der Waals surface area (Å²) >= 11 is 4.42. The van der Waals surface area contributed by atoms with Crippen LogP contribution in [0, 0.1) is 0 Å². The van der Waals surface area contributed by atoms with E-state index in [1.54, 1.807) is 6.20 Å². The van der Waals surface area contributed by atoms with Crippen LogP contribution in [0.1, 0.15) is 13.8 Å². The fraction of sp³-hybridized carbons (Fsp3) is 0.208. The second kappa shape index (κ2) is 9.22. The van der Waals surface area contributed by atoms with Gasteiger partial charge in [-0.15, -0.1) is 12.6 Å². The molecular weight excluding hydrogens is 408 g/mol. The molecule has 2 aromatic heterocycles. The maximum atomic E-state index is 5.84. The van der Waals surface area contributed by atoms with Crippen LogP contribution >= 0.6 is 12.6 Å². The Kier molecular flexibility index (Phi) is 6.23. The Morgan fingerprint density at radius 3 is 2.32 bits per heavy atom. The normalized spacial score (nSPS) is 10.8. The minimum atomic E-state index is 0.540. The van der Waals surface area contributed by atoms with E-state index in [-0.39, 0.29) is 0 Å². The van der Waals surface area contributed by atoms with Gasteiger partial charge < -0.3 is 14.8 Å². The topological polar surface area (TPSA) is 69.2 Å². The summed E-state index contributed by atoms with van der Waals surface area (Å²) in [6.45, 7) is 4.99. The van der Waals surface area contributed by atoms with E-state index in [9.17, 15) is 0 Å². The van der Waals surface area contributed by atoms with E-state index in [0.29, 0.717) is 30.7 Å². The lowest BCUT2D eigenvalue weighted by Gasteiger charge is -2.15. The molecule has 0 aliphatic heterocycles. The lowest BCUT2D eigenvalue weighted by atomic mass is 10.0. The zero-order chi connectivity index (χ0) is 21.8. The number of thiol groups is 1. The molecule has 0 amide bonds. The summed E-state index contributed by atoms with van der Waals surface area (Å²) in [5.41, 5.74) is 4.60. The Hall–Kier alpha value is -3.32. The first-order chi connectivity index (χ1) is 15.1. The van der Waals surface area contributed by atoms with Gasteiger partial charge in [0.25, 0.3) is 0 Å². The van der Waals surface area contributed by atoms with Crippen LogP contribution in [0.15, 0.2) is 59.8 Å². The SMILES string of the molecule is CCOc1cc2nc(NC)nc(-c3cccc(-c4cncc(S)c4)c3)c2cc1OCC. The molecule has 0 radical (unpaired) electrons. The smallest absolute Gasteiger partial charge is 0.223 e. The first-order valence-electron chi connectivity index (χ1n) is 10.2. The van der Waals surface area contributed by atoms with Gasteiger partial charge in [-0.25, -0.2) is 9.97 Å². The molecule has 0 unspecified atom stereocenters. The number of rotatable bonds is 7. The number of hydrogen-bond acceptors (Lipinski definition) is 7. The van der Waals surface area contributed by atoms with E-state index in [2.05, 4.69) is 40.0 Å². The second-order valence-electron chi connectivity index (χ2n) is 6.84. The third-order valence-corrected chi connectivity index (χ3v) is 5.02. The van der Waals surface area contributed by atoms with Crippen LogP contribution in [-0.2, 0) is 0 Å². The van der Waals surface area contributed by atoms with Gasteiger partial charge in [-0.2, -0.15) is 0 Å². The van der Waals surface area contributed by atoms with Crippen molar-refractivity contribution in [3.63, 3.8) is 0 Å². The molecule has 2 heterocycles. The third-order valence-electron chi connectivity index (χ3n) is 4.78. The number of fused-ring (bicyclic) bond motifs is 1. The standard InChI is InChI=1S/C24H24N4O2S/c1-4-29-21-11-19-20(12-22(21)30-5-2)27-24(25-3)28-23(19)16-8-6-7-15(9-16)17-10-18(31)14-26-13-17/h6-14,31H,4-5H2,1-3H3,(H,25,27,28). The summed E-state index contributed by atoms with van der Waals surface area (Å²) < 4.78 is 11.6. The number of anilines is 1. The fourth-order valence-corrected chi connectivity index (χ4v) is 3.64. The molecule has 0 saturated heterocycles. The fourth-order valence-electron chi connectivity index (χ4n) is 3.44. The molecule has 4 rings (SSSR count). The van der Waals surface area contributed by atoms with Gasteiger partial charge in [-0.05, 0) is 37.6 Å². The zero-order valence-electron chi connectivity index (χ0n) is 17.7. The Labute approximate surface area is 187 Å². The van der Waals surface area contributed by atoms with Crippen molar-refractivity contribution >= 4 is 29.5 Å². The molecular formula is C24H24N4O2S. The average molecular weight is 433 g/mol. The summed E-state index contributed by atoms with van der Waals surface area (Å²) in [5, 5.41) is 3.95. The van der Waals surface area contributed by atoms with Crippen LogP contribution in [0.3, 0.4) is 0 Å². The molecule has 0 aliphatic rings. The molecule has 6 nitrogen and oxygen atoms in total. The lowest BCUT2D eigenvalue weighted by Crippen LogP contribution is -2.02. The summed E-state index contributed by atoms with van der Waals surface area (Å²) in [7, 11) is 1.81. The minimum absolute atomic E-state index is 0.540. The summed E-state index contributed by atoms with van der Waals surface area (Å²) in [4.78, 5) is 14.5. The molecule has 0 saturated carbocycles. The van der Waals surface area contributed by atoms with Crippen molar-refractivity contribution in [1.82, 2.24) is 15.0 Å². The third kappa shape index (κ3) is 4.41. The van der Waals surface area contributed by atoms with Crippen molar-refractivity contribution in [1.29, 1.82) is 0 Å². The Morgan fingerprint density at radius 1 is 0.871 bits per heavy atom. The minimum Gasteiger partial charge on any atom is -0.490 e. The molecule has 0 spiro atoms. The van der Waals surface area contributed by atoms with Crippen molar-refractivity contribution in [2.75, 3.05) is 25.6 Å². The predicted molar refractivity (Wildman–Crippen MR) is 127 cm³/mol. The molecule has 2 aromatic carbocycles. The molecule has 0 fully saturated rings. The molecule has 31 heavy (non-hydrogen) atoms. The van der Waals surface area contributed by atoms with Gasteiger partial charge in [0.05, 0.1) is 24.4 Å². The van der Waals surface area contributed by atoms with Crippen LogP contribution in [0.4, 0.5) is 5.95 Å². The zero-order valence-corrected chi connectivity index (χ0v) is 18.6. The van der Waals surface area contributed by atoms with Crippen LogP contribution < -0.4 is 14.8 Å². The average Bonchev–Trinajstić information content (AvgIpc) is 2.79. The van der Waals surface area contributed by atoms with Gasteiger partial charge in [0.15, 0.2) is 11.5 Å². The van der Waals surface area contributed by atoms with Crippen LogP contribution in [-0.4, -0.2) is 35.2 Å². The van der Waals surface area contributed by atoms with Crippen molar-refractivity contribution in [3.8, 4) is 33.9 Å². The Balaban J connectivity index is 1.92. The van der Waals surface area contributed by atoms with Crippen molar-refractivity contribution in [3.05, 3.63) is 54.9 Å². The van der Waals surface area contributed by atoms with Crippen LogP contribution in [0.25, 0.3) is 33.3 Å². The number of benzene rings is 2. The molecule has 0 bridgehead atoms. The van der Waals surface area contributed by atoms with E-state index in [1.807, 2.05) is 57.4 Å². The number of hydrogen-bond donors (Lipinski definition) is 2. The number of nitrogens with one attached hydrogen (secondary N) is 1. The largest absolute Gasteiger partial charge is 0.490 e.